The molecule has 0 bridgehead atoms. The van der Waals surface area contributed by atoms with E-state index in [2.05, 4.69) is 5.32 Å². The van der Waals surface area contributed by atoms with Crippen LogP contribution in [0.25, 0.3) is 0 Å². The molecule has 0 amide bonds. The summed E-state index contributed by atoms with van der Waals surface area (Å²) >= 11 is 0. The fraction of sp³-hybridized carbons (Fsp3) is 0.600. The van der Waals surface area contributed by atoms with Gasteiger partial charge in [0.15, 0.2) is 0 Å². The maximum absolute atomic E-state index is 13.7. The van der Waals surface area contributed by atoms with Gasteiger partial charge in [0.25, 0.3) is 0 Å². The van der Waals surface area contributed by atoms with Crippen molar-refractivity contribution in [3.05, 3.63) is 35.4 Å². The monoisotopic (exact) mass is 269 g/mol. The lowest BCUT2D eigenvalue weighted by molar-refractivity contribution is 0.225. The van der Waals surface area contributed by atoms with Gasteiger partial charge in [-0.3, -0.25) is 0 Å². The number of rotatable bonds is 4. The zero-order chi connectivity index (χ0) is 13.7. The van der Waals surface area contributed by atoms with E-state index >= 15 is 0 Å². The molecule has 1 saturated carbocycles. The fourth-order valence-corrected chi connectivity index (χ4v) is 2.75. The maximum Gasteiger partial charge on any atom is 0.128 e. The van der Waals surface area contributed by atoms with Crippen molar-refractivity contribution in [2.24, 2.45) is 0 Å². The van der Waals surface area contributed by atoms with Crippen molar-refractivity contribution < 1.29 is 13.9 Å². The molecule has 1 aromatic rings. The summed E-state index contributed by atoms with van der Waals surface area (Å²) in [6.07, 6.45) is 6.84. The zero-order valence-corrected chi connectivity index (χ0v) is 11.0. The van der Waals surface area contributed by atoms with Crippen LogP contribution in [-0.4, -0.2) is 17.8 Å². The van der Waals surface area contributed by atoms with Crippen molar-refractivity contribution >= 4 is 0 Å². The van der Waals surface area contributed by atoms with Crippen molar-refractivity contribution in [3.63, 3.8) is 0 Å². The van der Waals surface area contributed by atoms with Crippen LogP contribution >= 0.6 is 0 Å². The third-order valence-electron chi connectivity index (χ3n) is 3.81. The van der Waals surface area contributed by atoms with Crippen LogP contribution in [0.15, 0.2) is 18.2 Å². The molecule has 1 aliphatic rings. The van der Waals surface area contributed by atoms with Crippen LogP contribution in [0.2, 0.25) is 0 Å². The van der Waals surface area contributed by atoms with Crippen LogP contribution in [0, 0.1) is 11.6 Å². The third kappa shape index (κ3) is 3.98. The van der Waals surface area contributed by atoms with Crippen molar-refractivity contribution in [2.75, 3.05) is 6.61 Å². The van der Waals surface area contributed by atoms with Crippen molar-refractivity contribution in [1.82, 2.24) is 5.32 Å². The third-order valence-corrected chi connectivity index (χ3v) is 3.81. The molecule has 1 atom stereocenters. The number of hydrogen-bond donors (Lipinski definition) is 2. The molecule has 1 fully saturated rings. The van der Waals surface area contributed by atoms with Crippen molar-refractivity contribution in [2.45, 2.75) is 50.6 Å². The van der Waals surface area contributed by atoms with Gasteiger partial charge in [0.1, 0.15) is 11.6 Å². The van der Waals surface area contributed by atoms with Crippen molar-refractivity contribution in [1.29, 1.82) is 0 Å². The molecule has 19 heavy (non-hydrogen) atoms. The summed E-state index contributed by atoms with van der Waals surface area (Å²) in [5, 5.41) is 12.7. The highest BCUT2D eigenvalue weighted by Gasteiger charge is 2.20. The smallest absolute Gasteiger partial charge is 0.128 e. The molecule has 2 rings (SSSR count). The predicted molar refractivity (Wildman–Crippen MR) is 70.8 cm³/mol. The lowest BCUT2D eigenvalue weighted by Gasteiger charge is -2.24. The molecule has 0 aliphatic heterocycles. The highest BCUT2D eigenvalue weighted by Crippen LogP contribution is 2.23. The standard InChI is InChI=1S/C15H21F2NO/c16-11-7-8-14(17)13(9-11)15(10-19)18-12-5-3-1-2-4-6-12/h7-9,12,15,18-19H,1-6,10H2. The number of benzene rings is 1. The molecule has 4 heteroatoms. The van der Waals surface area contributed by atoms with E-state index in [0.717, 1.165) is 37.8 Å². The summed E-state index contributed by atoms with van der Waals surface area (Å²) in [6, 6.07) is 3.13. The largest absolute Gasteiger partial charge is 0.394 e. The summed E-state index contributed by atoms with van der Waals surface area (Å²) in [5.41, 5.74) is 0.215. The quantitative estimate of drug-likeness (QED) is 0.822. The Hall–Kier alpha value is -1.00. The summed E-state index contributed by atoms with van der Waals surface area (Å²) in [4.78, 5) is 0. The first-order valence-corrected chi connectivity index (χ1v) is 7.02. The van der Waals surface area contributed by atoms with Gasteiger partial charge in [-0.05, 0) is 31.0 Å². The Labute approximate surface area is 112 Å². The van der Waals surface area contributed by atoms with Crippen LogP contribution < -0.4 is 5.32 Å². The Kier molecular flexibility index (Phi) is 5.28. The molecular formula is C15H21F2NO. The Bertz CT molecular complexity index is 403. The topological polar surface area (TPSA) is 32.3 Å². The highest BCUT2D eigenvalue weighted by molar-refractivity contribution is 5.22. The SMILES string of the molecule is OCC(NC1CCCCCC1)c1cc(F)ccc1F. The predicted octanol–water partition coefficient (Wildman–Crippen LogP) is 3.31. The molecule has 2 N–H and O–H groups in total. The van der Waals surface area contributed by atoms with Crippen LogP contribution in [-0.2, 0) is 0 Å². The number of halogens is 2. The number of aliphatic hydroxyl groups is 1. The van der Waals surface area contributed by atoms with Gasteiger partial charge in [-0.25, -0.2) is 8.78 Å². The molecule has 1 unspecified atom stereocenters. The average molecular weight is 269 g/mol. The number of nitrogens with one attached hydrogen (secondary N) is 1. The molecule has 0 spiro atoms. The zero-order valence-electron chi connectivity index (χ0n) is 11.0. The van der Waals surface area contributed by atoms with E-state index in [1.807, 2.05) is 0 Å². The number of hydrogen-bond acceptors (Lipinski definition) is 2. The Morgan fingerprint density at radius 2 is 1.84 bits per heavy atom. The first-order chi connectivity index (χ1) is 9.20. The second-order valence-electron chi connectivity index (χ2n) is 5.26. The Morgan fingerprint density at radius 1 is 1.16 bits per heavy atom. The minimum atomic E-state index is -0.529. The van der Waals surface area contributed by atoms with Gasteiger partial charge in [-0.2, -0.15) is 0 Å². The minimum Gasteiger partial charge on any atom is -0.394 e. The Morgan fingerprint density at radius 3 is 2.47 bits per heavy atom. The van der Waals surface area contributed by atoms with Gasteiger partial charge in [0.2, 0.25) is 0 Å². The van der Waals surface area contributed by atoms with Gasteiger partial charge in [0.05, 0.1) is 12.6 Å². The normalized spacial score (nSPS) is 19.1. The molecule has 0 saturated heterocycles. The first kappa shape index (κ1) is 14.4. The number of aliphatic hydroxyl groups excluding tert-OH is 1. The van der Waals surface area contributed by atoms with E-state index in [-0.39, 0.29) is 18.2 Å². The minimum absolute atomic E-state index is 0.215. The molecule has 0 heterocycles. The second-order valence-corrected chi connectivity index (χ2v) is 5.26. The van der Waals surface area contributed by atoms with Crippen LogP contribution in [0.4, 0.5) is 8.78 Å². The van der Waals surface area contributed by atoms with E-state index in [1.54, 1.807) is 0 Å². The first-order valence-electron chi connectivity index (χ1n) is 7.02. The van der Waals surface area contributed by atoms with Gasteiger partial charge in [0, 0.05) is 11.6 Å². The lowest BCUT2D eigenvalue weighted by atomic mass is 10.0. The molecule has 106 valence electrons. The van der Waals surface area contributed by atoms with Gasteiger partial charge >= 0.3 is 0 Å². The fourth-order valence-electron chi connectivity index (χ4n) is 2.75. The summed E-state index contributed by atoms with van der Waals surface area (Å²) in [7, 11) is 0. The summed E-state index contributed by atoms with van der Waals surface area (Å²) in [6.45, 7) is -0.225. The average Bonchev–Trinajstić information content (AvgIpc) is 2.67. The second kappa shape index (κ2) is 6.96. The molecular weight excluding hydrogens is 248 g/mol. The van der Waals surface area contributed by atoms with E-state index in [0.29, 0.717) is 0 Å². The van der Waals surface area contributed by atoms with E-state index in [9.17, 15) is 13.9 Å². The molecule has 1 aromatic carbocycles. The molecule has 0 radical (unpaired) electrons. The van der Waals surface area contributed by atoms with E-state index in [1.165, 1.54) is 18.9 Å². The van der Waals surface area contributed by atoms with Crippen LogP contribution in [0.5, 0.6) is 0 Å². The molecule has 2 nitrogen and oxygen atoms in total. The van der Waals surface area contributed by atoms with E-state index in [4.69, 9.17) is 0 Å². The highest BCUT2D eigenvalue weighted by atomic mass is 19.1. The van der Waals surface area contributed by atoms with Crippen molar-refractivity contribution in [3.8, 4) is 0 Å². The van der Waals surface area contributed by atoms with Gasteiger partial charge in [-0.15, -0.1) is 0 Å². The van der Waals surface area contributed by atoms with E-state index < -0.39 is 17.7 Å². The summed E-state index contributed by atoms with van der Waals surface area (Å²) < 4.78 is 26.9. The van der Waals surface area contributed by atoms with Crippen LogP contribution in [0.3, 0.4) is 0 Å². The lowest BCUT2D eigenvalue weighted by Crippen LogP contribution is -2.35. The maximum atomic E-state index is 13.7. The van der Waals surface area contributed by atoms with Gasteiger partial charge < -0.3 is 10.4 Å². The molecule has 0 aromatic heterocycles. The summed E-state index contributed by atoms with van der Waals surface area (Å²) in [5.74, 6) is -0.945. The van der Waals surface area contributed by atoms with Crippen LogP contribution in [0.1, 0.15) is 50.1 Å². The van der Waals surface area contributed by atoms with Gasteiger partial charge in [-0.1, -0.05) is 25.7 Å². The molecule has 1 aliphatic carbocycles. The Balaban J connectivity index is 2.08.